The number of hydrogen-bond acceptors (Lipinski definition) is 6. The molecule has 0 fully saturated rings. The molecule has 10 heteroatoms. The minimum Gasteiger partial charge on any atom is -0.357 e. The number of aryl methyl sites for hydroxylation is 1. The van der Waals surface area contributed by atoms with Crippen LogP contribution in [0.25, 0.3) is 69.2 Å². The molecule has 0 atom stereocenters. The molecule has 54 heavy (non-hydrogen) atoms. The predicted molar refractivity (Wildman–Crippen MR) is 213 cm³/mol. The number of allylic oxidation sites excluding steroid dienone is 16. The zero-order valence-corrected chi connectivity index (χ0v) is 32.4. The fraction of sp³-hybridized carbons (Fsp3) is 0.273. The zero-order chi connectivity index (χ0) is 37.1. The molecule has 274 valence electrons. The Balaban J connectivity index is 0.00000413. The van der Waals surface area contributed by atoms with Gasteiger partial charge < -0.3 is 19.5 Å². The molecule has 0 amide bonds. The summed E-state index contributed by atoms with van der Waals surface area (Å²) in [6.07, 6.45) is 32.1. The first-order chi connectivity index (χ1) is 25.1. The molecule has 0 saturated carbocycles. The Morgan fingerprint density at radius 3 is 1.13 bits per heavy atom. The summed E-state index contributed by atoms with van der Waals surface area (Å²) in [6, 6.07) is 0. The third-order valence-corrected chi connectivity index (χ3v) is 10.4. The largest absolute Gasteiger partial charge is 1.00 e. The molecule has 6 aliphatic rings. The van der Waals surface area contributed by atoms with Crippen LogP contribution in [0, 0.1) is 16.2 Å². The van der Waals surface area contributed by atoms with Gasteiger partial charge in [0.1, 0.15) is 17.0 Å². The number of alkyl halides is 1. The second-order valence-corrected chi connectivity index (χ2v) is 16.5. The van der Waals surface area contributed by atoms with E-state index in [1.54, 1.807) is 24.3 Å². The summed E-state index contributed by atoms with van der Waals surface area (Å²) in [5.41, 5.74) is 6.56. The molecule has 5 heterocycles. The van der Waals surface area contributed by atoms with Gasteiger partial charge in [0.15, 0.2) is 11.6 Å². The van der Waals surface area contributed by atoms with Gasteiger partial charge in [-0.1, -0.05) is 127 Å². The summed E-state index contributed by atoms with van der Waals surface area (Å²) in [5.74, 6) is 2.02. The molecule has 4 aliphatic carbocycles. The third kappa shape index (κ3) is 6.07. The maximum absolute atomic E-state index is 15.5. The molecular weight excluding hydrogens is 723 g/mol. The maximum Gasteiger partial charge on any atom is 1.00 e. The average Bonchev–Trinajstić information content (AvgIpc) is 3.59. The Hall–Kier alpha value is -5.31. The van der Waals surface area contributed by atoms with Crippen LogP contribution in [-0.2, 0) is 24.1 Å². The molecular formula is C44H40CuFN8. The van der Waals surface area contributed by atoms with Crippen LogP contribution in [0.15, 0.2) is 72.9 Å². The number of fused-ring (bicyclic) bond motifs is 18. The molecule has 3 aromatic heterocycles. The van der Waals surface area contributed by atoms with Crippen LogP contribution < -0.4 is 4.98 Å². The van der Waals surface area contributed by atoms with Gasteiger partial charge in [0.25, 0.3) is 0 Å². The molecule has 3 aromatic rings. The van der Waals surface area contributed by atoms with E-state index in [9.17, 15) is 0 Å². The van der Waals surface area contributed by atoms with Crippen LogP contribution in [0.1, 0.15) is 94.0 Å². The maximum atomic E-state index is 15.5. The van der Waals surface area contributed by atoms with Crippen molar-refractivity contribution in [2.75, 3.05) is 0 Å². The van der Waals surface area contributed by atoms with E-state index in [-0.39, 0.29) is 33.3 Å². The Morgan fingerprint density at radius 2 is 0.759 bits per heavy atom. The van der Waals surface area contributed by atoms with Gasteiger partial charge >= 0.3 is 17.1 Å². The van der Waals surface area contributed by atoms with Crippen LogP contribution in [0.2, 0.25) is 0 Å². The van der Waals surface area contributed by atoms with E-state index in [0.717, 1.165) is 44.5 Å². The minimum atomic E-state index is -1.65. The van der Waals surface area contributed by atoms with E-state index < -0.39 is 5.67 Å². The molecule has 0 saturated heterocycles. The molecule has 8 bridgehead atoms. The van der Waals surface area contributed by atoms with Gasteiger partial charge in [-0.15, -0.1) is 0 Å². The molecule has 8 nitrogen and oxygen atoms in total. The van der Waals surface area contributed by atoms with Crippen molar-refractivity contribution >= 4 is 69.2 Å². The number of hydrogen-bond donors (Lipinski definition) is 0. The van der Waals surface area contributed by atoms with Crippen molar-refractivity contribution in [3.05, 3.63) is 118 Å². The van der Waals surface area contributed by atoms with Crippen molar-refractivity contribution < 1.29 is 21.5 Å². The van der Waals surface area contributed by atoms with Gasteiger partial charge in [-0.05, 0) is 30.2 Å². The standard InChI is InChI=1S/C44H40FN8.Cu/c1-41(2)17-9-25-26(10-18-41)34-46-33(25)47-35-27-11-19-42(3,4)21-13-29(27)37(49-35)51-39-31-15-23-44(7,45)24-16-32(31)40(53(39)8)52-38-30-14-22-43(5,6)20-12-28(30)36(48-34)50-38;/h9-24H,1-8H3;/q-1;+1. The molecule has 0 aromatic carbocycles. The first kappa shape index (κ1) is 35.7. The molecule has 0 N–H and O–H groups in total. The van der Waals surface area contributed by atoms with Gasteiger partial charge in [0.2, 0.25) is 0 Å². The second-order valence-electron chi connectivity index (χ2n) is 16.5. The third-order valence-electron chi connectivity index (χ3n) is 10.4. The molecule has 0 spiro atoms. The van der Waals surface area contributed by atoms with Crippen molar-refractivity contribution in [2.45, 2.75) is 54.1 Å². The summed E-state index contributed by atoms with van der Waals surface area (Å²) in [6.45, 7) is 14.5. The van der Waals surface area contributed by atoms with Gasteiger partial charge in [-0.25, -0.2) is 24.3 Å². The Labute approximate surface area is 324 Å². The SMILES string of the molecule is Cn1c2nc3nc(nc4[n-]c(nc5nc(nc1c1c2C=CC(C)(F)C=C1)C1=C5C=CC(C)(C)C=C1)c1c4C=CC(C)(C)C=C1)C1=C3C=CC(C)(C)C=C1.[Cu+]. The van der Waals surface area contributed by atoms with Crippen LogP contribution in [0.4, 0.5) is 4.39 Å². The van der Waals surface area contributed by atoms with E-state index >= 15 is 4.39 Å². The van der Waals surface area contributed by atoms with Crippen molar-refractivity contribution in [2.24, 2.45) is 23.3 Å². The van der Waals surface area contributed by atoms with Crippen molar-refractivity contribution in [3.8, 4) is 0 Å². The normalized spacial score (nSPS) is 20.4. The summed E-state index contributed by atoms with van der Waals surface area (Å²) < 4.78 is 17.5. The molecule has 2 aliphatic heterocycles. The summed E-state index contributed by atoms with van der Waals surface area (Å²) in [7, 11) is 1.93. The number of nitrogens with zero attached hydrogens (tertiary/aromatic N) is 8. The number of rotatable bonds is 0. The second kappa shape index (κ2) is 12.1. The molecule has 0 radical (unpaired) electrons. The smallest absolute Gasteiger partial charge is 0.357 e. The summed E-state index contributed by atoms with van der Waals surface area (Å²) in [4.78, 5) is 36.1. The predicted octanol–water partition coefficient (Wildman–Crippen LogP) is 9.49. The number of aromatic nitrogens is 8. The first-order valence-electron chi connectivity index (χ1n) is 18.0. The monoisotopic (exact) mass is 762 g/mol. The van der Waals surface area contributed by atoms with Crippen LogP contribution in [0.5, 0.6) is 0 Å². The summed E-state index contributed by atoms with van der Waals surface area (Å²) >= 11 is 0. The first-order valence-corrected chi connectivity index (χ1v) is 18.0. The van der Waals surface area contributed by atoms with E-state index in [4.69, 9.17) is 34.9 Å². The fourth-order valence-corrected chi connectivity index (χ4v) is 7.09. The van der Waals surface area contributed by atoms with Crippen LogP contribution in [-0.4, -0.2) is 40.1 Å². The van der Waals surface area contributed by atoms with Crippen molar-refractivity contribution in [1.82, 2.24) is 39.5 Å². The fourth-order valence-electron chi connectivity index (χ4n) is 7.09. The Bertz CT molecular complexity index is 2500. The van der Waals surface area contributed by atoms with Gasteiger partial charge in [0, 0.05) is 68.0 Å². The number of halogens is 1. The van der Waals surface area contributed by atoms with Crippen molar-refractivity contribution in [1.29, 1.82) is 0 Å². The summed E-state index contributed by atoms with van der Waals surface area (Å²) in [5, 5.41) is 0. The van der Waals surface area contributed by atoms with E-state index in [0.29, 0.717) is 45.9 Å². The average molecular weight is 763 g/mol. The van der Waals surface area contributed by atoms with E-state index in [2.05, 4.69) is 114 Å². The van der Waals surface area contributed by atoms with Gasteiger partial charge in [0.05, 0.1) is 11.6 Å². The quantitative estimate of drug-likeness (QED) is 0.211. The van der Waals surface area contributed by atoms with Crippen LogP contribution in [0.3, 0.4) is 0 Å². The minimum absolute atomic E-state index is 0. The topological polar surface area (TPSA) is 96.4 Å². The van der Waals surface area contributed by atoms with Crippen LogP contribution >= 0.6 is 0 Å². The molecule has 9 rings (SSSR count). The van der Waals surface area contributed by atoms with Crippen molar-refractivity contribution in [3.63, 3.8) is 0 Å². The van der Waals surface area contributed by atoms with Gasteiger partial charge in [-0.3, -0.25) is 0 Å². The van der Waals surface area contributed by atoms with E-state index in [1.807, 2.05) is 11.6 Å². The Morgan fingerprint density at radius 1 is 0.444 bits per heavy atom. The van der Waals surface area contributed by atoms with Gasteiger partial charge in [-0.2, -0.15) is 0 Å². The zero-order valence-electron chi connectivity index (χ0n) is 31.5. The van der Waals surface area contributed by atoms with E-state index in [1.165, 1.54) is 6.92 Å². The molecule has 0 unspecified atom stereocenters. The Kier molecular flexibility index (Phi) is 8.00.